The molecule has 0 aliphatic carbocycles. The Morgan fingerprint density at radius 1 is 1.33 bits per heavy atom. The van der Waals surface area contributed by atoms with E-state index in [4.69, 9.17) is 15.2 Å². The number of hydrogen-bond donors (Lipinski definition) is 2. The molecule has 0 amide bonds. The maximum Gasteiger partial charge on any atom is 0.188 e. The number of rotatable bonds is 4. The molecule has 0 aromatic rings. The fraction of sp³-hybridized carbons (Fsp3) is 0.923. The third-order valence-corrected chi connectivity index (χ3v) is 3.65. The zero-order valence-corrected chi connectivity index (χ0v) is 11.2. The highest BCUT2D eigenvalue weighted by Crippen LogP contribution is 2.19. The Bertz CT molecular complexity index is 277. The van der Waals surface area contributed by atoms with E-state index in [-0.39, 0.29) is 0 Å². The molecule has 2 saturated heterocycles. The van der Waals surface area contributed by atoms with E-state index in [1.54, 1.807) is 0 Å². The van der Waals surface area contributed by atoms with E-state index in [0.717, 1.165) is 52.0 Å². The first-order chi connectivity index (χ1) is 8.74. The minimum Gasteiger partial charge on any atom is -0.378 e. The highest BCUT2D eigenvalue weighted by atomic mass is 16.5. The minimum absolute atomic E-state index is 0.307. The van der Waals surface area contributed by atoms with Gasteiger partial charge in [0, 0.05) is 26.3 Å². The van der Waals surface area contributed by atoms with Crippen LogP contribution in [0.2, 0.25) is 0 Å². The molecule has 2 aliphatic rings. The van der Waals surface area contributed by atoms with E-state index in [2.05, 4.69) is 17.2 Å². The third kappa shape index (κ3) is 4.46. The molecule has 5 heteroatoms. The van der Waals surface area contributed by atoms with Crippen LogP contribution in [0.1, 0.15) is 32.6 Å². The zero-order valence-electron chi connectivity index (χ0n) is 11.2. The largest absolute Gasteiger partial charge is 0.378 e. The predicted octanol–water partition coefficient (Wildman–Crippen LogP) is 0.885. The lowest BCUT2D eigenvalue weighted by Gasteiger charge is -2.26. The molecule has 3 N–H and O–H groups in total. The van der Waals surface area contributed by atoms with Crippen molar-refractivity contribution in [3.05, 3.63) is 0 Å². The summed E-state index contributed by atoms with van der Waals surface area (Å²) in [6, 6.07) is 0. The lowest BCUT2D eigenvalue weighted by Crippen LogP contribution is -2.37. The minimum atomic E-state index is 0.307. The second kappa shape index (κ2) is 6.95. The van der Waals surface area contributed by atoms with Crippen LogP contribution in [0.5, 0.6) is 0 Å². The summed E-state index contributed by atoms with van der Waals surface area (Å²) in [5.41, 5.74) is 5.86. The summed E-state index contributed by atoms with van der Waals surface area (Å²) in [4.78, 5) is 4.42. The van der Waals surface area contributed by atoms with Crippen LogP contribution in [0.4, 0.5) is 0 Å². The van der Waals surface area contributed by atoms with E-state index in [0.29, 0.717) is 24.1 Å². The highest BCUT2D eigenvalue weighted by molar-refractivity contribution is 5.77. The average molecular weight is 255 g/mol. The molecule has 3 atom stereocenters. The molecule has 2 rings (SSSR count). The first-order valence-corrected chi connectivity index (χ1v) is 7.01. The number of aliphatic imine (C=N–C) groups is 1. The average Bonchev–Trinajstić information content (AvgIpc) is 2.87. The van der Waals surface area contributed by atoms with Gasteiger partial charge < -0.3 is 20.5 Å². The molecule has 5 nitrogen and oxygen atoms in total. The molecule has 2 heterocycles. The molecule has 2 aliphatic heterocycles. The summed E-state index contributed by atoms with van der Waals surface area (Å²) in [6.45, 7) is 5.43. The van der Waals surface area contributed by atoms with Crippen LogP contribution < -0.4 is 11.1 Å². The molecular weight excluding hydrogens is 230 g/mol. The first-order valence-electron chi connectivity index (χ1n) is 7.01. The van der Waals surface area contributed by atoms with Crippen molar-refractivity contribution in [2.75, 3.05) is 26.3 Å². The number of ether oxygens (including phenoxy) is 2. The first kappa shape index (κ1) is 13.6. The predicted molar refractivity (Wildman–Crippen MR) is 71.6 cm³/mol. The summed E-state index contributed by atoms with van der Waals surface area (Å²) in [6.07, 6.45) is 5.12. The quantitative estimate of drug-likeness (QED) is 0.578. The number of guanidine groups is 1. The van der Waals surface area contributed by atoms with Gasteiger partial charge in [0.15, 0.2) is 5.96 Å². The fourth-order valence-corrected chi connectivity index (χ4v) is 2.56. The highest BCUT2D eigenvalue weighted by Gasteiger charge is 2.19. The fourth-order valence-electron chi connectivity index (χ4n) is 2.56. The van der Waals surface area contributed by atoms with Gasteiger partial charge in [-0.15, -0.1) is 0 Å². The van der Waals surface area contributed by atoms with Crippen molar-refractivity contribution in [1.82, 2.24) is 5.32 Å². The van der Waals surface area contributed by atoms with Crippen molar-refractivity contribution in [3.8, 4) is 0 Å². The maximum atomic E-state index is 5.86. The van der Waals surface area contributed by atoms with Gasteiger partial charge in [0.2, 0.25) is 0 Å². The Kier molecular flexibility index (Phi) is 5.26. The van der Waals surface area contributed by atoms with Crippen molar-refractivity contribution < 1.29 is 9.47 Å². The van der Waals surface area contributed by atoms with Crippen molar-refractivity contribution in [3.63, 3.8) is 0 Å². The Hall–Kier alpha value is -0.810. The number of nitrogens with two attached hydrogens (primary N) is 1. The van der Waals surface area contributed by atoms with Gasteiger partial charge in [-0.3, -0.25) is 4.99 Å². The van der Waals surface area contributed by atoms with Crippen molar-refractivity contribution in [1.29, 1.82) is 0 Å². The van der Waals surface area contributed by atoms with Crippen LogP contribution in [-0.4, -0.2) is 44.5 Å². The van der Waals surface area contributed by atoms with Gasteiger partial charge in [-0.1, -0.05) is 0 Å². The molecule has 0 radical (unpaired) electrons. The molecule has 3 unspecified atom stereocenters. The normalized spacial score (nSPS) is 33.6. The van der Waals surface area contributed by atoms with E-state index >= 15 is 0 Å². The molecule has 0 aromatic heterocycles. The smallest absolute Gasteiger partial charge is 0.188 e. The molecule has 104 valence electrons. The van der Waals surface area contributed by atoms with E-state index in [1.807, 2.05) is 0 Å². The van der Waals surface area contributed by atoms with Crippen molar-refractivity contribution in [2.45, 2.75) is 44.8 Å². The Morgan fingerprint density at radius 2 is 2.22 bits per heavy atom. The summed E-state index contributed by atoms with van der Waals surface area (Å²) in [5.74, 6) is 1.15. The van der Waals surface area contributed by atoms with Crippen LogP contribution in [-0.2, 0) is 9.47 Å². The lowest BCUT2D eigenvalue weighted by atomic mass is 9.96. The van der Waals surface area contributed by atoms with Gasteiger partial charge in [-0.25, -0.2) is 0 Å². The Morgan fingerprint density at radius 3 is 2.94 bits per heavy atom. The monoisotopic (exact) mass is 255 g/mol. The number of nitrogens with one attached hydrogen (secondary N) is 1. The maximum absolute atomic E-state index is 5.86. The molecule has 2 fully saturated rings. The molecular formula is C13H25N3O2. The molecule has 18 heavy (non-hydrogen) atoms. The van der Waals surface area contributed by atoms with E-state index in [1.165, 1.54) is 0 Å². The zero-order chi connectivity index (χ0) is 12.8. The van der Waals surface area contributed by atoms with Gasteiger partial charge in [0.05, 0.1) is 12.2 Å². The summed E-state index contributed by atoms with van der Waals surface area (Å²) >= 11 is 0. The Labute approximate surface area is 109 Å². The number of nitrogens with zero attached hydrogens (tertiary/aromatic N) is 1. The topological polar surface area (TPSA) is 68.9 Å². The summed E-state index contributed by atoms with van der Waals surface area (Å²) < 4.78 is 11.0. The number of hydrogen-bond acceptors (Lipinski definition) is 3. The Balaban J connectivity index is 1.64. The third-order valence-electron chi connectivity index (χ3n) is 3.65. The van der Waals surface area contributed by atoms with Gasteiger partial charge in [-0.05, 0) is 38.5 Å². The van der Waals surface area contributed by atoms with E-state index in [9.17, 15) is 0 Å². The second-order valence-electron chi connectivity index (χ2n) is 5.31. The molecule has 0 bridgehead atoms. The van der Waals surface area contributed by atoms with Gasteiger partial charge in [0.25, 0.3) is 0 Å². The van der Waals surface area contributed by atoms with Crippen LogP contribution in [0.25, 0.3) is 0 Å². The van der Waals surface area contributed by atoms with Crippen LogP contribution in [0.3, 0.4) is 0 Å². The van der Waals surface area contributed by atoms with Crippen LogP contribution in [0, 0.1) is 5.92 Å². The summed E-state index contributed by atoms with van der Waals surface area (Å²) in [5, 5.41) is 3.15. The molecule has 0 aromatic carbocycles. The SMILES string of the molecule is CC1CC(CN=C(N)NCC2CCCO2)CCO1. The van der Waals surface area contributed by atoms with Crippen molar-refractivity contribution in [2.24, 2.45) is 16.6 Å². The second-order valence-corrected chi connectivity index (χ2v) is 5.31. The molecule has 0 spiro atoms. The van der Waals surface area contributed by atoms with Gasteiger partial charge in [-0.2, -0.15) is 0 Å². The van der Waals surface area contributed by atoms with Crippen molar-refractivity contribution >= 4 is 5.96 Å². The van der Waals surface area contributed by atoms with Crippen LogP contribution in [0.15, 0.2) is 4.99 Å². The van der Waals surface area contributed by atoms with E-state index < -0.39 is 0 Å². The van der Waals surface area contributed by atoms with Gasteiger partial charge >= 0.3 is 0 Å². The standard InChI is InChI=1S/C13H25N3O2/c1-10-7-11(4-6-17-10)8-15-13(14)16-9-12-3-2-5-18-12/h10-12H,2-9H2,1H3,(H3,14,15,16). The summed E-state index contributed by atoms with van der Waals surface area (Å²) in [7, 11) is 0. The van der Waals surface area contributed by atoms with Crippen LogP contribution >= 0.6 is 0 Å². The molecule has 0 saturated carbocycles. The van der Waals surface area contributed by atoms with Gasteiger partial charge in [0.1, 0.15) is 0 Å². The lowest BCUT2D eigenvalue weighted by molar-refractivity contribution is 0.00481.